The lowest BCUT2D eigenvalue weighted by molar-refractivity contribution is -0.121. The number of benzene rings is 1. The Bertz CT molecular complexity index is 1460. The van der Waals surface area contributed by atoms with Gasteiger partial charge >= 0.3 is 6.09 Å². The highest BCUT2D eigenvalue weighted by Crippen LogP contribution is 2.40. The van der Waals surface area contributed by atoms with Crippen molar-refractivity contribution in [2.24, 2.45) is 0 Å². The fourth-order valence-corrected chi connectivity index (χ4v) is 6.51. The number of anilines is 1. The van der Waals surface area contributed by atoms with Crippen LogP contribution in [-0.2, 0) is 21.5 Å². The number of amides is 3. The van der Waals surface area contributed by atoms with E-state index >= 15 is 0 Å². The van der Waals surface area contributed by atoms with E-state index in [1.54, 1.807) is 20.9 Å². The molecule has 10 nitrogen and oxygen atoms in total. The van der Waals surface area contributed by atoms with Gasteiger partial charge < -0.3 is 19.4 Å². The maximum Gasteiger partial charge on any atom is 0.410 e. The first-order valence-electron chi connectivity index (χ1n) is 15.6. The smallest absolute Gasteiger partial charge is 0.410 e. The molecule has 3 amide bonds. The standard InChI is InChI=1S/C34H45N5O5/c1-8-11-28(40)24-14-27-30(35-15-24)34(6,7)21-39(27)29(41)20-36-16-22(2)38(32(43)44-33(3,4)5)19-25(36)18-37-17-23-12-9-10-13-26(23)31(37)42/h9-10,12-15,22,25H,8,11,16-21H2,1-7H3/t22-,25+/m1/s1. The zero-order valence-corrected chi connectivity index (χ0v) is 27.1. The van der Waals surface area contributed by atoms with Gasteiger partial charge in [0.2, 0.25) is 5.91 Å². The van der Waals surface area contributed by atoms with Crippen LogP contribution < -0.4 is 4.90 Å². The number of carbonyl (C=O) groups excluding carboxylic acids is 4. The summed E-state index contributed by atoms with van der Waals surface area (Å²) in [5.74, 6) is -0.124. The van der Waals surface area contributed by atoms with Crippen LogP contribution in [0.2, 0.25) is 0 Å². The van der Waals surface area contributed by atoms with Gasteiger partial charge in [-0.3, -0.25) is 24.3 Å². The van der Waals surface area contributed by atoms with Crippen LogP contribution >= 0.6 is 0 Å². The summed E-state index contributed by atoms with van der Waals surface area (Å²) < 4.78 is 5.72. The molecule has 1 fully saturated rings. The number of aromatic nitrogens is 1. The maximum absolute atomic E-state index is 14.1. The second-order valence-electron chi connectivity index (χ2n) is 14.0. The van der Waals surface area contributed by atoms with Crippen LogP contribution in [-0.4, -0.2) is 93.8 Å². The average Bonchev–Trinajstić information content (AvgIpc) is 3.41. The minimum atomic E-state index is -0.646. The van der Waals surface area contributed by atoms with Gasteiger partial charge in [-0.15, -0.1) is 0 Å². The molecule has 0 spiro atoms. The predicted octanol–water partition coefficient (Wildman–Crippen LogP) is 4.65. The minimum absolute atomic E-state index is 0.0170. The first-order valence-corrected chi connectivity index (χ1v) is 15.6. The average molecular weight is 604 g/mol. The molecule has 2 atom stereocenters. The number of carbonyl (C=O) groups is 4. The van der Waals surface area contributed by atoms with Gasteiger partial charge in [-0.25, -0.2) is 4.79 Å². The number of ether oxygens (including phenoxy) is 1. The third kappa shape index (κ3) is 6.36. The van der Waals surface area contributed by atoms with Gasteiger partial charge in [0.05, 0.1) is 17.9 Å². The summed E-state index contributed by atoms with van der Waals surface area (Å²) in [5.41, 5.74) is 2.67. The largest absolute Gasteiger partial charge is 0.444 e. The number of ketones is 1. The number of fused-ring (bicyclic) bond motifs is 2. The lowest BCUT2D eigenvalue weighted by Crippen LogP contribution is -2.63. The van der Waals surface area contributed by atoms with E-state index in [9.17, 15) is 19.2 Å². The van der Waals surface area contributed by atoms with E-state index in [1.165, 1.54) is 0 Å². The van der Waals surface area contributed by atoms with Crippen LogP contribution in [0.5, 0.6) is 0 Å². The Kier molecular flexibility index (Phi) is 8.59. The van der Waals surface area contributed by atoms with Crippen LogP contribution in [0.15, 0.2) is 36.5 Å². The maximum atomic E-state index is 14.1. The third-order valence-electron chi connectivity index (χ3n) is 8.70. The Morgan fingerprint density at radius 1 is 1.11 bits per heavy atom. The molecule has 3 aliphatic heterocycles. The Labute approximate surface area is 260 Å². The summed E-state index contributed by atoms with van der Waals surface area (Å²) in [7, 11) is 0. The first kappa shape index (κ1) is 31.6. The van der Waals surface area contributed by atoms with Gasteiger partial charge in [0.15, 0.2) is 5.78 Å². The molecule has 2 aromatic rings. The lowest BCUT2D eigenvalue weighted by atomic mass is 9.91. The number of hydrogen-bond acceptors (Lipinski definition) is 7. The Morgan fingerprint density at radius 3 is 2.52 bits per heavy atom. The van der Waals surface area contributed by atoms with Crippen LogP contribution in [0.4, 0.5) is 10.5 Å². The monoisotopic (exact) mass is 603 g/mol. The fraction of sp³-hybridized carbons (Fsp3) is 0.559. The molecule has 0 unspecified atom stereocenters. The van der Waals surface area contributed by atoms with Gasteiger partial charge in [0.25, 0.3) is 5.91 Å². The van der Waals surface area contributed by atoms with Crippen LogP contribution in [0, 0.1) is 0 Å². The summed E-state index contributed by atoms with van der Waals surface area (Å²) in [6.07, 6.45) is 2.40. The predicted molar refractivity (Wildman–Crippen MR) is 168 cm³/mol. The Morgan fingerprint density at radius 2 is 1.84 bits per heavy atom. The van der Waals surface area contributed by atoms with E-state index in [0.29, 0.717) is 56.0 Å². The Balaban J connectivity index is 1.39. The molecular formula is C34H45N5O5. The van der Waals surface area contributed by atoms with Crippen molar-refractivity contribution in [1.82, 2.24) is 19.7 Å². The van der Waals surface area contributed by atoms with Crippen molar-refractivity contribution in [2.45, 2.75) is 91.0 Å². The Hall–Kier alpha value is -3.79. The molecular weight excluding hydrogens is 558 g/mol. The number of pyridine rings is 1. The van der Waals surface area contributed by atoms with Gasteiger partial charge in [-0.1, -0.05) is 39.0 Å². The highest BCUT2D eigenvalue weighted by atomic mass is 16.6. The molecule has 0 radical (unpaired) electrons. The summed E-state index contributed by atoms with van der Waals surface area (Å²) in [5, 5.41) is 0. The molecule has 0 saturated carbocycles. The third-order valence-corrected chi connectivity index (χ3v) is 8.70. The molecule has 4 heterocycles. The molecule has 1 saturated heterocycles. The molecule has 1 aromatic heterocycles. The van der Waals surface area contributed by atoms with E-state index < -0.39 is 11.7 Å². The van der Waals surface area contributed by atoms with E-state index in [4.69, 9.17) is 4.74 Å². The van der Waals surface area contributed by atoms with E-state index in [1.807, 2.05) is 65.0 Å². The molecule has 1 aromatic carbocycles. The molecule has 5 rings (SSSR count). The normalized spacial score (nSPS) is 21.3. The SMILES string of the molecule is CCCC(=O)c1cnc2c(c1)N(C(=O)CN1C[C@@H](C)N(C(=O)OC(C)(C)C)C[C@@H]1CN1Cc3ccccc3C1=O)CC2(C)C. The van der Waals surface area contributed by atoms with Gasteiger partial charge in [-0.2, -0.15) is 0 Å². The number of hydrogen-bond donors (Lipinski definition) is 0. The van der Waals surface area contributed by atoms with Gasteiger partial charge in [0, 0.05) is 74.0 Å². The molecule has 10 heteroatoms. The summed E-state index contributed by atoms with van der Waals surface area (Å²) in [6, 6.07) is 8.92. The van der Waals surface area contributed by atoms with Crippen molar-refractivity contribution in [3.63, 3.8) is 0 Å². The minimum Gasteiger partial charge on any atom is -0.444 e. The number of piperazine rings is 1. The molecule has 236 valence electrons. The topological polar surface area (TPSA) is 103 Å². The second kappa shape index (κ2) is 12.0. The van der Waals surface area contributed by atoms with E-state index in [-0.39, 0.29) is 41.6 Å². The van der Waals surface area contributed by atoms with Gasteiger partial charge in [0.1, 0.15) is 5.60 Å². The molecule has 0 aliphatic carbocycles. The van der Waals surface area contributed by atoms with Crippen molar-refractivity contribution < 1.29 is 23.9 Å². The highest BCUT2D eigenvalue weighted by molar-refractivity contribution is 6.01. The van der Waals surface area contributed by atoms with Crippen molar-refractivity contribution in [1.29, 1.82) is 0 Å². The van der Waals surface area contributed by atoms with Gasteiger partial charge in [-0.05, 0) is 51.8 Å². The zero-order valence-electron chi connectivity index (χ0n) is 27.1. The highest BCUT2D eigenvalue weighted by Gasteiger charge is 2.43. The van der Waals surface area contributed by atoms with Crippen LogP contribution in [0.3, 0.4) is 0 Å². The summed E-state index contributed by atoms with van der Waals surface area (Å²) in [4.78, 5) is 65.3. The summed E-state index contributed by atoms with van der Waals surface area (Å²) in [6.45, 7) is 15.7. The van der Waals surface area contributed by atoms with Crippen molar-refractivity contribution >= 4 is 29.4 Å². The fourth-order valence-electron chi connectivity index (χ4n) is 6.51. The number of rotatable bonds is 7. The lowest BCUT2D eigenvalue weighted by Gasteiger charge is -2.46. The first-order chi connectivity index (χ1) is 20.7. The van der Waals surface area contributed by atoms with Crippen molar-refractivity contribution in [3.8, 4) is 0 Å². The molecule has 0 N–H and O–H groups in total. The second-order valence-corrected chi connectivity index (χ2v) is 14.0. The summed E-state index contributed by atoms with van der Waals surface area (Å²) >= 11 is 0. The zero-order chi connectivity index (χ0) is 32.0. The molecule has 44 heavy (non-hydrogen) atoms. The van der Waals surface area contributed by atoms with E-state index in [0.717, 1.165) is 17.7 Å². The van der Waals surface area contributed by atoms with E-state index in [2.05, 4.69) is 23.7 Å². The molecule has 3 aliphatic rings. The number of nitrogens with zero attached hydrogens (tertiary/aromatic N) is 5. The molecule has 0 bridgehead atoms. The number of Topliss-reactive ketones (excluding diaryl/α,β-unsaturated/α-hetero) is 1. The van der Waals surface area contributed by atoms with Crippen LogP contribution in [0.1, 0.15) is 93.3 Å². The quantitative estimate of drug-likeness (QED) is 0.425. The van der Waals surface area contributed by atoms with Crippen molar-refractivity contribution in [2.75, 3.05) is 37.6 Å². The van der Waals surface area contributed by atoms with Crippen LogP contribution in [0.25, 0.3) is 0 Å². The van der Waals surface area contributed by atoms with Crippen molar-refractivity contribution in [3.05, 3.63) is 58.9 Å².